The minimum absolute atomic E-state index is 0.0566. The summed E-state index contributed by atoms with van der Waals surface area (Å²) in [5.74, 6) is 0.659. The second-order valence-corrected chi connectivity index (χ2v) is 5.76. The van der Waals surface area contributed by atoms with Crippen LogP contribution in [0.1, 0.15) is 39.4 Å². The van der Waals surface area contributed by atoms with E-state index in [1.165, 1.54) is 0 Å². The maximum absolute atomic E-state index is 12.7. The normalized spacial score (nSPS) is 18.0. The molecule has 2 aromatic rings. The van der Waals surface area contributed by atoms with E-state index in [1.807, 2.05) is 39.0 Å². The Morgan fingerprint density at radius 1 is 1.30 bits per heavy atom. The van der Waals surface area contributed by atoms with Crippen molar-refractivity contribution < 1.29 is 9.53 Å². The lowest BCUT2D eigenvalue weighted by Gasteiger charge is -2.32. The number of hydrogen-bond acceptors (Lipinski definition) is 5. The van der Waals surface area contributed by atoms with Gasteiger partial charge in [-0.15, -0.1) is 0 Å². The Bertz CT molecular complexity index is 712. The lowest BCUT2D eigenvalue weighted by Crippen LogP contribution is -2.43. The molecule has 1 saturated heterocycles. The smallest absolute Gasteiger partial charge is 0.272 e. The van der Waals surface area contributed by atoms with Crippen LogP contribution in [0, 0.1) is 20.8 Å². The largest absolute Gasteiger partial charge is 0.368 e. The van der Waals surface area contributed by atoms with Crippen LogP contribution in [-0.4, -0.2) is 45.5 Å². The first-order valence-corrected chi connectivity index (χ1v) is 7.69. The maximum Gasteiger partial charge on any atom is 0.272 e. The Balaban J connectivity index is 1.81. The Labute approximate surface area is 135 Å². The van der Waals surface area contributed by atoms with Gasteiger partial charge in [0.15, 0.2) is 0 Å². The van der Waals surface area contributed by atoms with Gasteiger partial charge in [-0.2, -0.15) is 0 Å². The number of aromatic nitrogens is 3. The van der Waals surface area contributed by atoms with E-state index in [9.17, 15) is 4.79 Å². The molecule has 0 bridgehead atoms. The second-order valence-electron chi connectivity index (χ2n) is 5.76. The van der Waals surface area contributed by atoms with Gasteiger partial charge in [0.25, 0.3) is 5.91 Å². The third kappa shape index (κ3) is 3.37. The van der Waals surface area contributed by atoms with E-state index in [1.54, 1.807) is 11.1 Å². The quantitative estimate of drug-likeness (QED) is 0.848. The molecular weight excluding hydrogens is 292 g/mol. The molecule has 0 spiro atoms. The minimum atomic E-state index is -0.225. The topological polar surface area (TPSA) is 68.2 Å². The summed E-state index contributed by atoms with van der Waals surface area (Å²) in [5.41, 5.74) is 3.11. The number of carbonyl (C=O) groups is 1. The average Bonchev–Trinajstić information content (AvgIpc) is 2.54. The monoisotopic (exact) mass is 312 g/mol. The van der Waals surface area contributed by atoms with E-state index >= 15 is 0 Å². The van der Waals surface area contributed by atoms with E-state index in [4.69, 9.17) is 4.74 Å². The number of pyridine rings is 1. The van der Waals surface area contributed by atoms with Gasteiger partial charge in [-0.05, 0) is 38.5 Å². The molecule has 1 unspecified atom stereocenters. The highest BCUT2D eigenvalue weighted by molar-refractivity contribution is 5.93. The standard InChI is InChI=1S/C17H20N4O2/c1-11-5-4-6-18-16(11)17(22)21-7-8-23-15(10-21)14-9-12(2)19-13(3)20-14/h4-6,9,15H,7-8,10H2,1-3H3. The van der Waals surface area contributed by atoms with E-state index in [-0.39, 0.29) is 12.0 Å². The highest BCUT2D eigenvalue weighted by Crippen LogP contribution is 2.22. The van der Waals surface area contributed by atoms with Gasteiger partial charge in [0.05, 0.1) is 18.8 Å². The molecule has 1 atom stereocenters. The van der Waals surface area contributed by atoms with Crippen molar-refractivity contribution >= 4 is 5.91 Å². The Kier molecular flexibility index (Phi) is 4.34. The molecule has 2 aromatic heterocycles. The molecule has 1 aliphatic rings. The molecule has 3 rings (SSSR count). The van der Waals surface area contributed by atoms with Crippen molar-refractivity contribution in [3.63, 3.8) is 0 Å². The molecule has 0 radical (unpaired) electrons. The zero-order valence-electron chi connectivity index (χ0n) is 13.6. The highest BCUT2D eigenvalue weighted by atomic mass is 16.5. The number of morpholine rings is 1. The highest BCUT2D eigenvalue weighted by Gasteiger charge is 2.28. The molecule has 1 aliphatic heterocycles. The summed E-state index contributed by atoms with van der Waals surface area (Å²) in [4.78, 5) is 27.5. The summed E-state index contributed by atoms with van der Waals surface area (Å²) >= 11 is 0. The van der Waals surface area contributed by atoms with Crippen molar-refractivity contribution in [2.75, 3.05) is 19.7 Å². The Hall–Kier alpha value is -2.34. The van der Waals surface area contributed by atoms with Crippen LogP contribution in [0.3, 0.4) is 0 Å². The summed E-state index contributed by atoms with van der Waals surface area (Å²) in [7, 11) is 0. The van der Waals surface area contributed by atoms with E-state index < -0.39 is 0 Å². The van der Waals surface area contributed by atoms with Gasteiger partial charge in [0, 0.05) is 18.4 Å². The number of aryl methyl sites for hydroxylation is 3. The van der Waals surface area contributed by atoms with Gasteiger partial charge in [0.2, 0.25) is 0 Å². The van der Waals surface area contributed by atoms with Crippen molar-refractivity contribution in [1.82, 2.24) is 19.9 Å². The van der Waals surface area contributed by atoms with Gasteiger partial charge in [-0.1, -0.05) is 6.07 Å². The molecule has 0 N–H and O–H groups in total. The molecule has 3 heterocycles. The molecule has 23 heavy (non-hydrogen) atoms. The van der Waals surface area contributed by atoms with Gasteiger partial charge >= 0.3 is 0 Å². The predicted octanol–water partition coefficient (Wildman–Crippen LogP) is 2.01. The van der Waals surface area contributed by atoms with Crippen molar-refractivity contribution in [2.24, 2.45) is 0 Å². The number of nitrogens with zero attached hydrogens (tertiary/aromatic N) is 4. The van der Waals surface area contributed by atoms with E-state index in [0.717, 1.165) is 17.0 Å². The molecule has 6 nitrogen and oxygen atoms in total. The molecule has 1 fully saturated rings. The van der Waals surface area contributed by atoms with Crippen molar-refractivity contribution in [1.29, 1.82) is 0 Å². The van der Waals surface area contributed by atoms with Crippen LogP contribution in [0.5, 0.6) is 0 Å². The number of hydrogen-bond donors (Lipinski definition) is 0. The molecule has 0 aliphatic carbocycles. The van der Waals surface area contributed by atoms with Gasteiger partial charge in [-0.3, -0.25) is 9.78 Å². The zero-order valence-corrected chi connectivity index (χ0v) is 13.6. The molecule has 1 amide bonds. The second kappa shape index (κ2) is 6.42. The Morgan fingerprint density at radius 3 is 2.87 bits per heavy atom. The number of rotatable bonds is 2. The van der Waals surface area contributed by atoms with Gasteiger partial charge in [-0.25, -0.2) is 9.97 Å². The predicted molar refractivity (Wildman–Crippen MR) is 85.1 cm³/mol. The molecule has 120 valence electrons. The average molecular weight is 312 g/mol. The summed E-state index contributed by atoms with van der Waals surface area (Å²) in [5, 5.41) is 0. The van der Waals surface area contributed by atoms with Crippen LogP contribution in [-0.2, 0) is 4.74 Å². The molecule has 6 heteroatoms. The van der Waals surface area contributed by atoms with E-state index in [0.29, 0.717) is 31.2 Å². The lowest BCUT2D eigenvalue weighted by molar-refractivity contribution is -0.0250. The van der Waals surface area contributed by atoms with Crippen LogP contribution in [0.15, 0.2) is 24.4 Å². The van der Waals surface area contributed by atoms with E-state index in [2.05, 4.69) is 15.0 Å². The third-order valence-corrected chi connectivity index (χ3v) is 3.88. The first kappa shape index (κ1) is 15.6. The first-order chi connectivity index (χ1) is 11.0. The van der Waals surface area contributed by atoms with Crippen molar-refractivity contribution in [2.45, 2.75) is 26.9 Å². The van der Waals surface area contributed by atoms with Crippen LogP contribution in [0.25, 0.3) is 0 Å². The molecule has 0 aromatic carbocycles. The maximum atomic E-state index is 12.7. The van der Waals surface area contributed by atoms with Crippen LogP contribution in [0.4, 0.5) is 0 Å². The van der Waals surface area contributed by atoms with Crippen LogP contribution in [0.2, 0.25) is 0 Å². The van der Waals surface area contributed by atoms with Gasteiger partial charge < -0.3 is 9.64 Å². The van der Waals surface area contributed by atoms with Crippen LogP contribution >= 0.6 is 0 Å². The minimum Gasteiger partial charge on any atom is -0.368 e. The molecular formula is C17H20N4O2. The zero-order chi connectivity index (χ0) is 16.4. The number of amides is 1. The first-order valence-electron chi connectivity index (χ1n) is 7.69. The van der Waals surface area contributed by atoms with Crippen molar-refractivity contribution in [3.05, 3.63) is 52.9 Å². The summed E-state index contributed by atoms with van der Waals surface area (Å²) in [6, 6.07) is 5.65. The fourth-order valence-corrected chi connectivity index (χ4v) is 2.78. The SMILES string of the molecule is Cc1cc(C2CN(C(=O)c3ncccc3C)CCO2)nc(C)n1. The van der Waals surface area contributed by atoms with Crippen LogP contribution < -0.4 is 0 Å². The fraction of sp³-hybridized carbons (Fsp3) is 0.412. The summed E-state index contributed by atoms with van der Waals surface area (Å²) in [6.07, 6.45) is 1.42. The third-order valence-electron chi connectivity index (χ3n) is 3.88. The Morgan fingerprint density at radius 2 is 2.13 bits per heavy atom. The number of carbonyl (C=O) groups excluding carboxylic acids is 1. The summed E-state index contributed by atoms with van der Waals surface area (Å²) in [6.45, 7) is 7.22. The summed E-state index contributed by atoms with van der Waals surface area (Å²) < 4.78 is 5.82. The van der Waals surface area contributed by atoms with Gasteiger partial charge in [0.1, 0.15) is 17.6 Å². The fourth-order valence-electron chi connectivity index (χ4n) is 2.78. The lowest BCUT2D eigenvalue weighted by atomic mass is 10.1. The number of ether oxygens (including phenoxy) is 1. The molecule has 0 saturated carbocycles. The van der Waals surface area contributed by atoms with Crippen molar-refractivity contribution in [3.8, 4) is 0 Å².